The molecule has 0 bridgehead atoms. The minimum Gasteiger partial charge on any atom is -0.335 e. The lowest BCUT2D eigenvalue weighted by Gasteiger charge is -2.26. The number of nitrogens with one attached hydrogen (secondary N) is 1. The molecule has 7 nitrogen and oxygen atoms in total. The van der Waals surface area contributed by atoms with Crippen molar-refractivity contribution in [3.8, 4) is 0 Å². The number of H-pyrrole nitrogens is 1. The van der Waals surface area contributed by atoms with Gasteiger partial charge in [0.1, 0.15) is 4.90 Å². The number of primary sulfonamides is 1. The molecule has 0 aliphatic carbocycles. The van der Waals surface area contributed by atoms with Crippen LogP contribution in [0.5, 0.6) is 0 Å². The van der Waals surface area contributed by atoms with Gasteiger partial charge in [-0.2, -0.15) is 5.10 Å². The zero-order chi connectivity index (χ0) is 16.2. The summed E-state index contributed by atoms with van der Waals surface area (Å²) >= 11 is 0. The second-order valence-corrected chi connectivity index (χ2v) is 6.52. The van der Waals surface area contributed by atoms with Gasteiger partial charge in [-0.15, -0.1) is 0 Å². The lowest BCUT2D eigenvalue weighted by Crippen LogP contribution is -2.39. The standard InChI is InChI=1S/C13H24N4O3S/c1-5-8-10-12(21(14,19)20)11(16-15-10)13(18)17(7-3)9(4)6-2/h9H,5-8H2,1-4H3,(H,15,16)(H2,14,19,20). The van der Waals surface area contributed by atoms with E-state index in [0.29, 0.717) is 18.7 Å². The summed E-state index contributed by atoms with van der Waals surface area (Å²) < 4.78 is 23.6. The number of rotatable bonds is 7. The number of nitrogens with zero attached hydrogens (tertiary/aromatic N) is 2. The summed E-state index contributed by atoms with van der Waals surface area (Å²) in [5, 5.41) is 11.8. The fourth-order valence-corrected chi connectivity index (χ4v) is 3.14. The van der Waals surface area contributed by atoms with Crippen LogP contribution >= 0.6 is 0 Å². The molecule has 0 spiro atoms. The smallest absolute Gasteiger partial charge is 0.276 e. The highest BCUT2D eigenvalue weighted by Gasteiger charge is 2.30. The predicted molar refractivity (Wildman–Crippen MR) is 80.4 cm³/mol. The van der Waals surface area contributed by atoms with Crippen molar-refractivity contribution in [2.75, 3.05) is 6.54 Å². The van der Waals surface area contributed by atoms with Gasteiger partial charge >= 0.3 is 0 Å². The Bertz CT molecular complexity index is 595. The fraction of sp³-hybridized carbons (Fsp3) is 0.692. The Morgan fingerprint density at radius 2 is 2.00 bits per heavy atom. The number of carbonyl (C=O) groups is 1. The Kier molecular flexibility index (Phi) is 5.91. The molecule has 0 aromatic carbocycles. The number of nitrogens with two attached hydrogens (primary N) is 1. The monoisotopic (exact) mass is 316 g/mol. The Balaban J connectivity index is 3.33. The van der Waals surface area contributed by atoms with Gasteiger partial charge in [0.05, 0.1) is 5.69 Å². The molecule has 1 atom stereocenters. The highest BCUT2D eigenvalue weighted by Crippen LogP contribution is 2.21. The number of aryl methyl sites for hydroxylation is 1. The van der Waals surface area contributed by atoms with Crippen molar-refractivity contribution in [2.45, 2.75) is 57.9 Å². The van der Waals surface area contributed by atoms with E-state index in [-0.39, 0.29) is 16.6 Å². The summed E-state index contributed by atoms with van der Waals surface area (Å²) in [5.41, 5.74) is 0.284. The molecule has 1 unspecified atom stereocenters. The van der Waals surface area contributed by atoms with Crippen molar-refractivity contribution in [1.29, 1.82) is 0 Å². The average Bonchev–Trinajstić information content (AvgIpc) is 2.83. The van der Waals surface area contributed by atoms with Gasteiger partial charge in [0.2, 0.25) is 10.0 Å². The Morgan fingerprint density at radius 3 is 2.43 bits per heavy atom. The summed E-state index contributed by atoms with van der Waals surface area (Å²) in [5.74, 6) is -0.408. The van der Waals surface area contributed by atoms with Crippen molar-refractivity contribution in [3.05, 3.63) is 11.4 Å². The largest absolute Gasteiger partial charge is 0.335 e. The molecule has 0 aliphatic heterocycles. The first-order valence-electron chi connectivity index (χ1n) is 7.18. The van der Waals surface area contributed by atoms with E-state index in [2.05, 4.69) is 10.2 Å². The second kappa shape index (κ2) is 7.04. The van der Waals surface area contributed by atoms with Crippen molar-refractivity contribution < 1.29 is 13.2 Å². The van der Waals surface area contributed by atoms with E-state index in [0.717, 1.165) is 12.8 Å². The van der Waals surface area contributed by atoms with E-state index in [4.69, 9.17) is 5.14 Å². The number of aromatic nitrogens is 2. The van der Waals surface area contributed by atoms with Crippen LogP contribution < -0.4 is 5.14 Å². The van der Waals surface area contributed by atoms with Crippen LogP contribution in [0, 0.1) is 0 Å². The van der Waals surface area contributed by atoms with E-state index in [9.17, 15) is 13.2 Å². The van der Waals surface area contributed by atoms with Crippen LogP contribution in [-0.4, -0.2) is 42.0 Å². The lowest BCUT2D eigenvalue weighted by molar-refractivity contribution is 0.0690. The molecule has 1 aromatic heterocycles. The zero-order valence-corrected chi connectivity index (χ0v) is 13.8. The van der Waals surface area contributed by atoms with Gasteiger partial charge in [-0.1, -0.05) is 20.3 Å². The molecule has 0 radical (unpaired) electrons. The molecule has 0 fully saturated rings. The first-order chi connectivity index (χ1) is 9.77. The molecular formula is C13H24N4O3S. The zero-order valence-electron chi connectivity index (χ0n) is 13.0. The maximum absolute atomic E-state index is 12.6. The third-order valence-electron chi connectivity index (χ3n) is 3.50. The van der Waals surface area contributed by atoms with Crippen LogP contribution in [-0.2, 0) is 16.4 Å². The van der Waals surface area contributed by atoms with Crippen molar-refractivity contribution in [2.24, 2.45) is 5.14 Å². The van der Waals surface area contributed by atoms with E-state index < -0.39 is 15.9 Å². The predicted octanol–water partition coefficient (Wildman–Crippen LogP) is 1.27. The molecule has 1 heterocycles. The maximum Gasteiger partial charge on any atom is 0.276 e. The Labute approximate surface area is 126 Å². The molecule has 1 amide bonds. The number of carbonyl (C=O) groups excluding carboxylic acids is 1. The number of hydrogen-bond donors (Lipinski definition) is 2. The normalized spacial score (nSPS) is 13.2. The number of amides is 1. The molecule has 1 aromatic rings. The van der Waals surface area contributed by atoms with Gasteiger partial charge in [0.15, 0.2) is 5.69 Å². The fourth-order valence-electron chi connectivity index (χ4n) is 2.25. The maximum atomic E-state index is 12.6. The molecule has 0 saturated heterocycles. The highest BCUT2D eigenvalue weighted by atomic mass is 32.2. The molecule has 3 N–H and O–H groups in total. The molecule has 120 valence electrons. The van der Waals surface area contributed by atoms with Crippen LogP contribution in [0.15, 0.2) is 4.90 Å². The van der Waals surface area contributed by atoms with Crippen LogP contribution in [0.1, 0.15) is 56.7 Å². The highest BCUT2D eigenvalue weighted by molar-refractivity contribution is 7.89. The summed E-state index contributed by atoms with van der Waals surface area (Å²) in [6.07, 6.45) is 1.97. The minimum atomic E-state index is -4.00. The van der Waals surface area contributed by atoms with Crippen LogP contribution in [0.2, 0.25) is 0 Å². The molecule has 0 saturated carbocycles. The first-order valence-corrected chi connectivity index (χ1v) is 8.73. The van der Waals surface area contributed by atoms with Gasteiger partial charge in [-0.05, 0) is 26.7 Å². The molecule has 8 heteroatoms. The summed E-state index contributed by atoms with van der Waals surface area (Å²) in [7, 11) is -4.00. The molecular weight excluding hydrogens is 292 g/mol. The molecule has 0 aliphatic rings. The third kappa shape index (κ3) is 3.82. The van der Waals surface area contributed by atoms with Gasteiger partial charge in [0.25, 0.3) is 5.91 Å². The van der Waals surface area contributed by atoms with Gasteiger partial charge in [0, 0.05) is 12.6 Å². The second-order valence-electron chi connectivity index (χ2n) is 5.02. The van der Waals surface area contributed by atoms with Crippen LogP contribution in [0.25, 0.3) is 0 Å². The topological polar surface area (TPSA) is 109 Å². The molecule has 21 heavy (non-hydrogen) atoms. The first kappa shape index (κ1) is 17.6. The molecule has 1 rings (SSSR count). The van der Waals surface area contributed by atoms with Crippen LogP contribution in [0.3, 0.4) is 0 Å². The van der Waals surface area contributed by atoms with E-state index in [1.165, 1.54) is 0 Å². The van der Waals surface area contributed by atoms with Crippen molar-refractivity contribution in [1.82, 2.24) is 15.1 Å². The van der Waals surface area contributed by atoms with Crippen molar-refractivity contribution in [3.63, 3.8) is 0 Å². The minimum absolute atomic E-state index is 0.00199. The summed E-state index contributed by atoms with van der Waals surface area (Å²) in [6, 6.07) is 0.00199. The Hall–Kier alpha value is -1.41. The SMILES string of the molecule is CCCc1[nH]nc(C(=O)N(CC)C(C)CC)c1S(N)(=O)=O. The summed E-state index contributed by atoms with van der Waals surface area (Å²) in [6.45, 7) is 8.12. The Morgan fingerprint density at radius 1 is 1.38 bits per heavy atom. The van der Waals surface area contributed by atoms with Gasteiger partial charge in [-0.25, -0.2) is 13.6 Å². The lowest BCUT2D eigenvalue weighted by atomic mass is 10.2. The van der Waals surface area contributed by atoms with E-state index >= 15 is 0 Å². The number of aromatic amines is 1. The quantitative estimate of drug-likeness (QED) is 0.789. The average molecular weight is 316 g/mol. The number of hydrogen-bond acceptors (Lipinski definition) is 4. The van der Waals surface area contributed by atoms with Crippen molar-refractivity contribution >= 4 is 15.9 Å². The number of sulfonamides is 1. The van der Waals surface area contributed by atoms with E-state index in [1.54, 1.807) is 4.90 Å². The van der Waals surface area contributed by atoms with Gasteiger partial charge in [-0.3, -0.25) is 9.89 Å². The summed E-state index contributed by atoms with van der Waals surface area (Å²) in [4.78, 5) is 14.0. The van der Waals surface area contributed by atoms with Gasteiger partial charge < -0.3 is 4.90 Å². The third-order valence-corrected chi connectivity index (χ3v) is 4.51. The van der Waals surface area contributed by atoms with Crippen LogP contribution in [0.4, 0.5) is 0 Å². The van der Waals surface area contributed by atoms with E-state index in [1.807, 2.05) is 27.7 Å².